The molecule has 1 heterocycles. The highest BCUT2D eigenvalue weighted by Gasteiger charge is 2.18. The zero-order chi connectivity index (χ0) is 9.26. The molecule has 2 rings (SSSR count). The van der Waals surface area contributed by atoms with Crippen LogP contribution in [0.5, 0.6) is 5.75 Å². The van der Waals surface area contributed by atoms with Gasteiger partial charge >= 0.3 is 0 Å². The molecular weight excluding hydrogens is 186 g/mol. The Bertz CT molecular complexity index is 370. The fourth-order valence-electron chi connectivity index (χ4n) is 1.45. The van der Waals surface area contributed by atoms with Crippen molar-refractivity contribution in [2.45, 2.75) is 18.9 Å². The molecule has 0 aliphatic carbocycles. The molecule has 2 nitrogen and oxygen atoms in total. The average Bonchev–Trinajstić information content (AvgIpc) is 2.17. The van der Waals surface area contributed by atoms with Gasteiger partial charge in [0.1, 0.15) is 11.8 Å². The van der Waals surface area contributed by atoms with E-state index in [1.165, 1.54) is 0 Å². The number of hydrogen-bond donors (Lipinski definition) is 0. The molecule has 1 aliphatic heterocycles. The van der Waals surface area contributed by atoms with Crippen molar-refractivity contribution in [3.05, 3.63) is 28.8 Å². The molecule has 0 saturated heterocycles. The second-order valence-electron chi connectivity index (χ2n) is 3.03. The first kappa shape index (κ1) is 8.40. The summed E-state index contributed by atoms with van der Waals surface area (Å²) in [5.74, 6) is 0.794. The summed E-state index contributed by atoms with van der Waals surface area (Å²) in [6.07, 6.45) is 1.33. The zero-order valence-electron chi connectivity index (χ0n) is 6.96. The second-order valence-corrected chi connectivity index (χ2v) is 3.46. The van der Waals surface area contributed by atoms with E-state index in [1.54, 1.807) is 6.07 Å². The summed E-state index contributed by atoms with van der Waals surface area (Å²) in [5.41, 5.74) is 1.10. The van der Waals surface area contributed by atoms with E-state index < -0.39 is 0 Å². The lowest BCUT2D eigenvalue weighted by atomic mass is 10.0. The van der Waals surface area contributed by atoms with Crippen LogP contribution in [0, 0.1) is 11.3 Å². The summed E-state index contributed by atoms with van der Waals surface area (Å²) in [5, 5.41) is 9.39. The first-order chi connectivity index (χ1) is 6.29. The number of benzene rings is 1. The minimum Gasteiger partial charge on any atom is -0.475 e. The molecule has 0 radical (unpaired) electrons. The average molecular weight is 194 g/mol. The third-order valence-electron chi connectivity index (χ3n) is 2.11. The maximum atomic E-state index is 8.67. The van der Waals surface area contributed by atoms with Gasteiger partial charge in [0.05, 0.1) is 0 Å². The van der Waals surface area contributed by atoms with E-state index in [-0.39, 0.29) is 6.10 Å². The number of fused-ring (bicyclic) bond motifs is 1. The van der Waals surface area contributed by atoms with Gasteiger partial charge in [0.25, 0.3) is 0 Å². The van der Waals surface area contributed by atoms with Crippen LogP contribution in [-0.2, 0) is 6.42 Å². The number of rotatable bonds is 0. The van der Waals surface area contributed by atoms with Gasteiger partial charge < -0.3 is 4.74 Å². The van der Waals surface area contributed by atoms with Crippen LogP contribution in [0.3, 0.4) is 0 Å². The SMILES string of the molecule is N#CC1CCc2cc(Cl)ccc2O1. The highest BCUT2D eigenvalue weighted by molar-refractivity contribution is 6.30. The minimum atomic E-state index is -0.298. The molecule has 1 aliphatic rings. The maximum Gasteiger partial charge on any atom is 0.184 e. The lowest BCUT2D eigenvalue weighted by Gasteiger charge is -2.21. The Balaban J connectivity index is 2.32. The Hall–Kier alpha value is -1.20. The van der Waals surface area contributed by atoms with E-state index in [0.717, 1.165) is 29.2 Å². The van der Waals surface area contributed by atoms with E-state index in [4.69, 9.17) is 21.6 Å². The topological polar surface area (TPSA) is 33.0 Å². The van der Waals surface area contributed by atoms with Crippen molar-refractivity contribution < 1.29 is 4.74 Å². The van der Waals surface area contributed by atoms with Crippen LogP contribution >= 0.6 is 11.6 Å². The Morgan fingerprint density at radius 2 is 2.38 bits per heavy atom. The predicted molar refractivity (Wildman–Crippen MR) is 49.8 cm³/mol. The Morgan fingerprint density at radius 1 is 1.54 bits per heavy atom. The Kier molecular flexibility index (Phi) is 2.12. The summed E-state index contributed by atoms with van der Waals surface area (Å²) in [6.45, 7) is 0. The summed E-state index contributed by atoms with van der Waals surface area (Å²) >= 11 is 5.83. The van der Waals surface area contributed by atoms with Gasteiger partial charge in [-0.15, -0.1) is 0 Å². The largest absolute Gasteiger partial charge is 0.475 e. The van der Waals surface area contributed by atoms with Gasteiger partial charge in [-0.2, -0.15) is 5.26 Å². The fourth-order valence-corrected chi connectivity index (χ4v) is 1.64. The molecule has 0 amide bonds. The van der Waals surface area contributed by atoms with Gasteiger partial charge in [0.2, 0.25) is 0 Å². The molecule has 1 aromatic carbocycles. The monoisotopic (exact) mass is 193 g/mol. The van der Waals surface area contributed by atoms with Crippen LogP contribution in [0.1, 0.15) is 12.0 Å². The number of halogens is 1. The number of hydrogen-bond acceptors (Lipinski definition) is 2. The molecular formula is C10H8ClNO. The van der Waals surface area contributed by atoms with E-state index in [2.05, 4.69) is 6.07 Å². The van der Waals surface area contributed by atoms with Crippen LogP contribution in [-0.4, -0.2) is 6.10 Å². The number of aryl methyl sites for hydroxylation is 1. The van der Waals surface area contributed by atoms with Crippen LogP contribution < -0.4 is 4.74 Å². The van der Waals surface area contributed by atoms with Crippen molar-refractivity contribution in [3.8, 4) is 11.8 Å². The van der Waals surface area contributed by atoms with E-state index in [9.17, 15) is 0 Å². The van der Waals surface area contributed by atoms with Gasteiger partial charge in [-0.3, -0.25) is 0 Å². The number of ether oxygens (including phenoxy) is 1. The summed E-state index contributed by atoms with van der Waals surface area (Å²) in [4.78, 5) is 0. The molecule has 13 heavy (non-hydrogen) atoms. The lowest BCUT2D eigenvalue weighted by Crippen LogP contribution is -2.20. The van der Waals surface area contributed by atoms with Crippen molar-refractivity contribution in [2.24, 2.45) is 0 Å². The fraction of sp³-hybridized carbons (Fsp3) is 0.300. The zero-order valence-corrected chi connectivity index (χ0v) is 7.71. The Morgan fingerprint density at radius 3 is 3.15 bits per heavy atom. The first-order valence-electron chi connectivity index (χ1n) is 4.14. The van der Waals surface area contributed by atoms with Gasteiger partial charge in [0, 0.05) is 11.4 Å². The van der Waals surface area contributed by atoms with E-state index in [0.29, 0.717) is 0 Å². The Labute approximate surface area is 81.7 Å². The van der Waals surface area contributed by atoms with Crippen LogP contribution in [0.25, 0.3) is 0 Å². The molecule has 0 saturated carbocycles. The highest BCUT2D eigenvalue weighted by Crippen LogP contribution is 2.29. The van der Waals surface area contributed by atoms with Crippen molar-refractivity contribution in [2.75, 3.05) is 0 Å². The quantitative estimate of drug-likeness (QED) is 0.635. The third-order valence-corrected chi connectivity index (χ3v) is 2.35. The van der Waals surface area contributed by atoms with Gasteiger partial charge in [-0.1, -0.05) is 11.6 Å². The normalized spacial score (nSPS) is 19.8. The summed E-state index contributed by atoms with van der Waals surface area (Å²) in [7, 11) is 0. The molecule has 1 atom stereocenters. The smallest absolute Gasteiger partial charge is 0.184 e. The molecule has 0 bridgehead atoms. The summed E-state index contributed by atoms with van der Waals surface area (Å²) in [6, 6.07) is 7.60. The van der Waals surface area contributed by atoms with Crippen LogP contribution in [0.2, 0.25) is 5.02 Å². The van der Waals surface area contributed by atoms with Gasteiger partial charge in [-0.05, 0) is 30.2 Å². The molecule has 1 unspecified atom stereocenters. The molecule has 3 heteroatoms. The number of nitrogens with zero attached hydrogens (tertiary/aromatic N) is 1. The van der Waals surface area contributed by atoms with Crippen molar-refractivity contribution in [1.82, 2.24) is 0 Å². The molecule has 0 spiro atoms. The molecule has 66 valence electrons. The predicted octanol–water partition coefficient (Wildman–Crippen LogP) is 2.56. The van der Waals surface area contributed by atoms with E-state index >= 15 is 0 Å². The van der Waals surface area contributed by atoms with Crippen LogP contribution in [0.4, 0.5) is 0 Å². The number of nitriles is 1. The third kappa shape index (κ3) is 1.61. The first-order valence-corrected chi connectivity index (χ1v) is 4.52. The highest BCUT2D eigenvalue weighted by atomic mass is 35.5. The molecule has 0 aromatic heterocycles. The summed E-state index contributed by atoms with van der Waals surface area (Å²) < 4.78 is 5.42. The minimum absolute atomic E-state index is 0.298. The van der Waals surface area contributed by atoms with E-state index in [1.807, 2.05) is 12.1 Å². The van der Waals surface area contributed by atoms with Crippen molar-refractivity contribution in [1.29, 1.82) is 5.26 Å². The molecule has 1 aromatic rings. The van der Waals surface area contributed by atoms with Crippen molar-refractivity contribution >= 4 is 11.6 Å². The molecule has 0 N–H and O–H groups in total. The second kappa shape index (κ2) is 3.27. The maximum absolute atomic E-state index is 8.67. The van der Waals surface area contributed by atoms with Crippen LogP contribution in [0.15, 0.2) is 18.2 Å². The van der Waals surface area contributed by atoms with Crippen molar-refractivity contribution in [3.63, 3.8) is 0 Å². The molecule has 0 fully saturated rings. The standard InChI is InChI=1S/C10H8ClNO/c11-8-2-4-10-7(5-8)1-3-9(6-12)13-10/h2,4-5,9H,1,3H2. The lowest BCUT2D eigenvalue weighted by molar-refractivity contribution is 0.225. The van der Waals surface area contributed by atoms with Gasteiger partial charge in [-0.25, -0.2) is 0 Å². The van der Waals surface area contributed by atoms with Gasteiger partial charge in [0.15, 0.2) is 6.10 Å².